The van der Waals surface area contributed by atoms with Gasteiger partial charge in [-0.15, -0.1) is 0 Å². The molecular weight excluding hydrogens is 552 g/mol. The van der Waals surface area contributed by atoms with E-state index in [-0.39, 0.29) is 39.6 Å². The molecule has 0 spiro atoms. The van der Waals surface area contributed by atoms with Crippen molar-refractivity contribution >= 4 is 62.3 Å². The number of unbranched alkanes of at least 4 members (excludes halogenated alkanes) is 1. The number of hydrogen-bond donors (Lipinski definition) is 1. The van der Waals surface area contributed by atoms with E-state index >= 15 is 0 Å². The topological polar surface area (TPSA) is 86.8 Å². The molecule has 1 atom stereocenters. The molecule has 0 saturated heterocycles. The van der Waals surface area contributed by atoms with Gasteiger partial charge in [0.05, 0.1) is 27.0 Å². The number of amides is 2. The second-order valence-electron chi connectivity index (χ2n) is 8.20. The molecule has 2 amide bonds. The summed E-state index contributed by atoms with van der Waals surface area (Å²) >= 11 is 18.3. The van der Waals surface area contributed by atoms with Crippen molar-refractivity contribution in [3.8, 4) is 0 Å². The van der Waals surface area contributed by atoms with Gasteiger partial charge in [0.25, 0.3) is 0 Å². The smallest absolute Gasteiger partial charge is 0.244 e. The van der Waals surface area contributed by atoms with Gasteiger partial charge in [-0.05, 0) is 42.7 Å². The fraction of sp³-hybridized carbons (Fsp3) is 0.417. The monoisotopic (exact) mass is 579 g/mol. The number of rotatable bonds is 12. The maximum atomic E-state index is 13.6. The number of sulfonamides is 1. The third-order valence-corrected chi connectivity index (χ3v) is 7.57. The summed E-state index contributed by atoms with van der Waals surface area (Å²) in [5, 5.41) is 2.99. The summed E-state index contributed by atoms with van der Waals surface area (Å²) in [6.45, 7) is 3.50. The van der Waals surface area contributed by atoms with E-state index in [9.17, 15) is 22.4 Å². The van der Waals surface area contributed by atoms with Gasteiger partial charge in [0, 0.05) is 13.1 Å². The minimum absolute atomic E-state index is 0.0166. The van der Waals surface area contributed by atoms with E-state index in [1.165, 1.54) is 41.3 Å². The molecule has 1 N–H and O–H groups in total. The van der Waals surface area contributed by atoms with Gasteiger partial charge < -0.3 is 10.2 Å². The van der Waals surface area contributed by atoms with Gasteiger partial charge in [0.1, 0.15) is 18.4 Å². The molecule has 2 rings (SSSR count). The van der Waals surface area contributed by atoms with Gasteiger partial charge >= 0.3 is 0 Å². The molecule has 36 heavy (non-hydrogen) atoms. The largest absolute Gasteiger partial charge is 0.354 e. The van der Waals surface area contributed by atoms with E-state index < -0.39 is 34.3 Å². The zero-order valence-corrected chi connectivity index (χ0v) is 23.3. The molecule has 0 aliphatic heterocycles. The average molecular weight is 581 g/mol. The van der Waals surface area contributed by atoms with Gasteiger partial charge in [-0.2, -0.15) is 0 Å². The van der Waals surface area contributed by atoms with Crippen LogP contribution in [0.1, 0.15) is 38.7 Å². The van der Waals surface area contributed by atoms with Crippen LogP contribution in [0.3, 0.4) is 0 Å². The predicted octanol–water partition coefficient (Wildman–Crippen LogP) is 5.28. The molecule has 2 aromatic carbocycles. The van der Waals surface area contributed by atoms with Crippen molar-refractivity contribution in [2.75, 3.05) is 23.7 Å². The van der Waals surface area contributed by atoms with Gasteiger partial charge in [0.15, 0.2) is 0 Å². The molecule has 0 aliphatic carbocycles. The lowest BCUT2D eigenvalue weighted by Gasteiger charge is -2.33. The Bertz CT molecular complexity index is 1180. The lowest BCUT2D eigenvalue weighted by Crippen LogP contribution is -2.52. The van der Waals surface area contributed by atoms with E-state index in [2.05, 4.69) is 5.32 Å². The van der Waals surface area contributed by atoms with E-state index in [1.54, 1.807) is 6.92 Å². The average Bonchev–Trinajstić information content (AvgIpc) is 2.80. The van der Waals surface area contributed by atoms with Crippen molar-refractivity contribution in [3.63, 3.8) is 0 Å². The Morgan fingerprint density at radius 2 is 1.64 bits per heavy atom. The summed E-state index contributed by atoms with van der Waals surface area (Å²) in [5.74, 6) is -1.46. The lowest BCUT2D eigenvalue weighted by atomic mass is 10.1. The van der Waals surface area contributed by atoms with Crippen LogP contribution >= 0.6 is 34.8 Å². The Morgan fingerprint density at radius 3 is 2.19 bits per heavy atom. The first-order chi connectivity index (χ1) is 16.9. The molecular formula is C24H29Cl3FN3O4S. The molecule has 0 aromatic heterocycles. The Hall–Kier alpha value is -2.07. The fourth-order valence-electron chi connectivity index (χ4n) is 3.51. The second-order valence-corrected chi connectivity index (χ2v) is 11.3. The third-order valence-electron chi connectivity index (χ3n) is 5.42. The molecule has 12 heteroatoms. The van der Waals surface area contributed by atoms with Crippen LogP contribution in [0.5, 0.6) is 0 Å². The van der Waals surface area contributed by atoms with Crippen molar-refractivity contribution < 1.29 is 22.4 Å². The maximum absolute atomic E-state index is 13.6. The highest BCUT2D eigenvalue weighted by atomic mass is 35.5. The number of anilines is 1. The van der Waals surface area contributed by atoms with E-state index in [1.807, 2.05) is 6.92 Å². The lowest BCUT2D eigenvalue weighted by molar-refractivity contribution is -0.140. The van der Waals surface area contributed by atoms with Gasteiger partial charge in [0.2, 0.25) is 21.8 Å². The first kappa shape index (κ1) is 30.2. The highest BCUT2D eigenvalue weighted by molar-refractivity contribution is 7.92. The van der Waals surface area contributed by atoms with Crippen LogP contribution in [-0.4, -0.2) is 50.5 Å². The third kappa shape index (κ3) is 8.23. The van der Waals surface area contributed by atoms with Crippen molar-refractivity contribution in [2.24, 2.45) is 0 Å². The van der Waals surface area contributed by atoms with E-state index in [0.717, 1.165) is 23.4 Å². The zero-order valence-electron chi connectivity index (χ0n) is 20.2. The Balaban J connectivity index is 2.46. The zero-order chi connectivity index (χ0) is 27.0. The number of nitrogens with zero attached hydrogens (tertiary/aromatic N) is 2. The van der Waals surface area contributed by atoms with Crippen LogP contribution < -0.4 is 9.62 Å². The summed E-state index contributed by atoms with van der Waals surface area (Å²) in [4.78, 5) is 27.9. The minimum atomic E-state index is -4.00. The van der Waals surface area contributed by atoms with Gasteiger partial charge in [-0.1, -0.05) is 67.2 Å². The second kappa shape index (κ2) is 13.5. The normalized spacial score (nSPS) is 12.2. The maximum Gasteiger partial charge on any atom is 0.244 e. The van der Waals surface area contributed by atoms with Gasteiger partial charge in [-0.25, -0.2) is 12.8 Å². The predicted molar refractivity (Wildman–Crippen MR) is 143 cm³/mol. The van der Waals surface area contributed by atoms with Crippen LogP contribution in [0.25, 0.3) is 0 Å². The standard InChI is InChI=1S/C24H29Cl3FN3O4S/c1-4-6-11-29-24(33)21(5-2)30(14-16-7-9-17(28)10-8-16)23(32)15-31(36(3,34)35)22-13-19(26)18(25)12-20(22)27/h7-10,12-13,21H,4-6,11,14-15H2,1-3H3,(H,29,33). The number of hydrogen-bond acceptors (Lipinski definition) is 4. The molecule has 0 fully saturated rings. The Kier molecular flexibility index (Phi) is 11.3. The molecule has 0 saturated carbocycles. The quantitative estimate of drug-likeness (QED) is 0.274. The fourth-order valence-corrected chi connectivity index (χ4v) is 5.06. The van der Waals surface area contributed by atoms with Crippen molar-refractivity contribution in [3.05, 3.63) is 62.8 Å². The highest BCUT2D eigenvalue weighted by Crippen LogP contribution is 2.35. The number of benzene rings is 2. The molecule has 0 aliphatic rings. The molecule has 2 aromatic rings. The summed E-state index contributed by atoms with van der Waals surface area (Å²) < 4.78 is 39.6. The van der Waals surface area contributed by atoms with Crippen molar-refractivity contribution in [1.29, 1.82) is 0 Å². The SMILES string of the molecule is CCCCNC(=O)C(CC)N(Cc1ccc(F)cc1)C(=O)CN(c1cc(Cl)c(Cl)cc1Cl)S(C)(=O)=O. The van der Waals surface area contributed by atoms with Crippen LogP contribution in [-0.2, 0) is 26.2 Å². The van der Waals surface area contributed by atoms with Gasteiger partial charge in [-0.3, -0.25) is 13.9 Å². The van der Waals surface area contributed by atoms with Crippen molar-refractivity contribution in [1.82, 2.24) is 10.2 Å². The summed E-state index contributed by atoms with van der Waals surface area (Å²) in [6.07, 6.45) is 2.85. The molecule has 0 bridgehead atoms. The minimum Gasteiger partial charge on any atom is -0.354 e. The van der Waals surface area contributed by atoms with Crippen LogP contribution in [0, 0.1) is 5.82 Å². The molecule has 0 radical (unpaired) electrons. The molecule has 198 valence electrons. The van der Waals surface area contributed by atoms with Crippen molar-refractivity contribution in [2.45, 2.75) is 45.7 Å². The number of halogens is 4. The van der Waals surface area contributed by atoms with E-state index in [0.29, 0.717) is 12.1 Å². The summed E-state index contributed by atoms with van der Waals surface area (Å²) in [6, 6.07) is 7.17. The molecule has 7 nitrogen and oxygen atoms in total. The Labute approximate surface area is 226 Å². The first-order valence-electron chi connectivity index (χ1n) is 11.3. The first-order valence-corrected chi connectivity index (χ1v) is 14.3. The number of nitrogens with one attached hydrogen (secondary N) is 1. The molecule has 0 heterocycles. The Morgan fingerprint density at radius 1 is 1.03 bits per heavy atom. The highest BCUT2D eigenvalue weighted by Gasteiger charge is 2.32. The summed E-state index contributed by atoms with van der Waals surface area (Å²) in [5.41, 5.74) is 0.548. The van der Waals surface area contributed by atoms with Crippen LogP contribution in [0.4, 0.5) is 10.1 Å². The number of carbonyl (C=O) groups excluding carboxylic acids is 2. The van der Waals surface area contributed by atoms with Crippen LogP contribution in [0.15, 0.2) is 36.4 Å². The van der Waals surface area contributed by atoms with E-state index in [4.69, 9.17) is 34.8 Å². The van der Waals surface area contributed by atoms with Crippen LogP contribution in [0.2, 0.25) is 15.1 Å². The number of carbonyl (C=O) groups is 2. The molecule has 1 unspecified atom stereocenters. The summed E-state index contributed by atoms with van der Waals surface area (Å²) in [7, 11) is -4.00.